The van der Waals surface area contributed by atoms with E-state index in [2.05, 4.69) is 10.6 Å². The van der Waals surface area contributed by atoms with Crippen LogP contribution in [0.4, 0.5) is 0 Å². The van der Waals surface area contributed by atoms with E-state index in [4.69, 9.17) is 11.6 Å². The van der Waals surface area contributed by atoms with Crippen molar-refractivity contribution in [3.8, 4) is 0 Å². The van der Waals surface area contributed by atoms with Crippen LogP contribution in [0.1, 0.15) is 5.56 Å². The third-order valence-corrected chi connectivity index (χ3v) is 1.80. The van der Waals surface area contributed by atoms with E-state index in [9.17, 15) is 0 Å². The van der Waals surface area contributed by atoms with Crippen LogP contribution in [0.5, 0.6) is 0 Å². The molecule has 0 fully saturated rings. The molecule has 12 heavy (non-hydrogen) atoms. The quantitative estimate of drug-likeness (QED) is 0.549. The Morgan fingerprint density at radius 1 is 1.25 bits per heavy atom. The van der Waals surface area contributed by atoms with Gasteiger partial charge in [0.05, 0.1) is 0 Å². The van der Waals surface area contributed by atoms with Gasteiger partial charge < -0.3 is 10.6 Å². The van der Waals surface area contributed by atoms with Gasteiger partial charge in [-0.15, -0.1) is 0 Å². The predicted molar refractivity (Wildman–Crippen MR) is 52.2 cm³/mol. The molecule has 3 heteroatoms. The molecule has 0 bridgehead atoms. The van der Waals surface area contributed by atoms with Crippen LogP contribution in [0.2, 0.25) is 5.02 Å². The zero-order chi connectivity index (χ0) is 8.81. The minimum absolute atomic E-state index is 0.785. The maximum Gasteiger partial charge on any atom is 0.0454 e. The smallest absolute Gasteiger partial charge is 0.0454 e. The second kappa shape index (κ2) is 5.14. The molecule has 2 N–H and O–H groups in total. The van der Waals surface area contributed by atoms with Gasteiger partial charge in [0.2, 0.25) is 0 Å². The predicted octanol–water partition coefficient (Wildman–Crippen LogP) is 1.61. The molecule has 0 aliphatic rings. The fraction of sp³-hybridized carbons (Fsp3) is 0.333. The van der Waals surface area contributed by atoms with Gasteiger partial charge in [0.15, 0.2) is 0 Å². The Balaban J connectivity index is 2.37. The van der Waals surface area contributed by atoms with Crippen LogP contribution in [0.15, 0.2) is 24.3 Å². The summed E-state index contributed by atoms with van der Waals surface area (Å²) in [6.07, 6.45) is 0. The van der Waals surface area contributed by atoms with Crippen LogP contribution in [-0.4, -0.2) is 13.7 Å². The molecule has 0 amide bonds. The number of halogens is 1. The summed E-state index contributed by atoms with van der Waals surface area (Å²) in [5.41, 5.74) is 1.25. The molecule has 0 aliphatic carbocycles. The van der Waals surface area contributed by atoms with E-state index in [0.717, 1.165) is 18.2 Å². The molecule has 1 rings (SSSR count). The Bertz CT molecular complexity index is 220. The first kappa shape index (κ1) is 9.52. The summed E-state index contributed by atoms with van der Waals surface area (Å²) in [5.74, 6) is 0. The lowest BCUT2D eigenvalue weighted by Gasteiger charge is -2.03. The molecule has 0 aromatic heterocycles. The van der Waals surface area contributed by atoms with E-state index in [1.54, 1.807) is 0 Å². The SMILES string of the molecule is CNCNCc1ccc(Cl)cc1. The molecule has 66 valence electrons. The Morgan fingerprint density at radius 3 is 2.50 bits per heavy atom. The number of benzene rings is 1. The number of hydrogen-bond donors (Lipinski definition) is 2. The molecule has 1 aromatic rings. The third-order valence-electron chi connectivity index (χ3n) is 1.54. The molecule has 0 atom stereocenters. The van der Waals surface area contributed by atoms with E-state index < -0.39 is 0 Å². The first-order valence-electron chi connectivity index (χ1n) is 3.92. The third kappa shape index (κ3) is 3.22. The molecule has 0 unspecified atom stereocenters. The summed E-state index contributed by atoms with van der Waals surface area (Å²) in [4.78, 5) is 0. The van der Waals surface area contributed by atoms with Crippen molar-refractivity contribution in [1.29, 1.82) is 0 Å². The van der Waals surface area contributed by atoms with Crippen LogP contribution in [0.25, 0.3) is 0 Å². The standard InChI is InChI=1S/C9H13ClN2/c1-11-7-12-6-8-2-4-9(10)5-3-8/h2-5,11-12H,6-7H2,1H3. The van der Waals surface area contributed by atoms with Crippen molar-refractivity contribution in [1.82, 2.24) is 10.6 Å². The first-order chi connectivity index (χ1) is 5.83. The lowest BCUT2D eigenvalue weighted by Crippen LogP contribution is -2.25. The van der Waals surface area contributed by atoms with Gasteiger partial charge >= 0.3 is 0 Å². The average Bonchev–Trinajstić information content (AvgIpc) is 2.09. The van der Waals surface area contributed by atoms with Crippen molar-refractivity contribution in [2.45, 2.75) is 6.54 Å². The molecule has 1 aromatic carbocycles. The van der Waals surface area contributed by atoms with Gasteiger partial charge in [0.25, 0.3) is 0 Å². The van der Waals surface area contributed by atoms with Crippen LogP contribution >= 0.6 is 11.6 Å². The molecule has 0 saturated carbocycles. The number of hydrogen-bond acceptors (Lipinski definition) is 2. The first-order valence-corrected chi connectivity index (χ1v) is 4.30. The van der Waals surface area contributed by atoms with Crippen molar-refractivity contribution in [2.24, 2.45) is 0 Å². The highest BCUT2D eigenvalue weighted by atomic mass is 35.5. The van der Waals surface area contributed by atoms with Crippen LogP contribution in [0.3, 0.4) is 0 Å². The topological polar surface area (TPSA) is 24.1 Å². The van der Waals surface area contributed by atoms with Crippen LogP contribution < -0.4 is 10.6 Å². The molecule has 0 spiro atoms. The average molecular weight is 185 g/mol. The Hall–Kier alpha value is -0.570. The van der Waals surface area contributed by atoms with Crippen LogP contribution in [-0.2, 0) is 6.54 Å². The van der Waals surface area contributed by atoms with Gasteiger partial charge in [-0.1, -0.05) is 23.7 Å². The molecule has 0 aliphatic heterocycles. The maximum atomic E-state index is 5.74. The fourth-order valence-corrected chi connectivity index (χ4v) is 1.06. The van der Waals surface area contributed by atoms with Crippen molar-refractivity contribution < 1.29 is 0 Å². The summed E-state index contributed by atoms with van der Waals surface area (Å²) >= 11 is 5.74. The van der Waals surface area contributed by atoms with Gasteiger partial charge in [-0.2, -0.15) is 0 Å². The molecule has 2 nitrogen and oxygen atoms in total. The molecule has 0 saturated heterocycles. The van der Waals surface area contributed by atoms with E-state index in [0.29, 0.717) is 0 Å². The molecular weight excluding hydrogens is 172 g/mol. The van der Waals surface area contributed by atoms with Crippen LogP contribution in [0, 0.1) is 0 Å². The Kier molecular flexibility index (Phi) is 4.08. The fourth-order valence-electron chi connectivity index (χ4n) is 0.934. The van der Waals surface area contributed by atoms with Crippen molar-refractivity contribution in [2.75, 3.05) is 13.7 Å². The number of rotatable bonds is 4. The highest BCUT2D eigenvalue weighted by molar-refractivity contribution is 6.30. The zero-order valence-corrected chi connectivity index (χ0v) is 7.86. The van der Waals surface area contributed by atoms with Gasteiger partial charge in [-0.3, -0.25) is 0 Å². The van der Waals surface area contributed by atoms with Gasteiger partial charge in [0.1, 0.15) is 0 Å². The minimum atomic E-state index is 0.785. The molecular formula is C9H13ClN2. The summed E-state index contributed by atoms with van der Waals surface area (Å²) in [7, 11) is 1.91. The maximum absolute atomic E-state index is 5.74. The summed E-state index contributed by atoms with van der Waals surface area (Å²) in [6, 6.07) is 7.84. The van der Waals surface area contributed by atoms with E-state index in [1.807, 2.05) is 31.3 Å². The van der Waals surface area contributed by atoms with Crippen molar-refractivity contribution >= 4 is 11.6 Å². The van der Waals surface area contributed by atoms with E-state index in [1.165, 1.54) is 5.56 Å². The minimum Gasteiger partial charge on any atom is -0.308 e. The normalized spacial score (nSPS) is 10.2. The second-order valence-electron chi connectivity index (χ2n) is 2.58. The second-order valence-corrected chi connectivity index (χ2v) is 3.02. The van der Waals surface area contributed by atoms with Crippen molar-refractivity contribution in [3.05, 3.63) is 34.9 Å². The van der Waals surface area contributed by atoms with E-state index >= 15 is 0 Å². The highest BCUT2D eigenvalue weighted by Crippen LogP contribution is 2.08. The molecule has 0 radical (unpaired) electrons. The zero-order valence-electron chi connectivity index (χ0n) is 7.10. The lowest BCUT2D eigenvalue weighted by atomic mass is 10.2. The van der Waals surface area contributed by atoms with Crippen molar-refractivity contribution in [3.63, 3.8) is 0 Å². The van der Waals surface area contributed by atoms with Gasteiger partial charge in [0, 0.05) is 18.2 Å². The van der Waals surface area contributed by atoms with Gasteiger partial charge in [-0.25, -0.2) is 0 Å². The van der Waals surface area contributed by atoms with Gasteiger partial charge in [-0.05, 0) is 24.7 Å². The molecule has 0 heterocycles. The number of nitrogens with one attached hydrogen (secondary N) is 2. The lowest BCUT2D eigenvalue weighted by molar-refractivity contribution is 0.632. The summed E-state index contributed by atoms with van der Waals surface area (Å²) in [6.45, 7) is 1.70. The monoisotopic (exact) mass is 184 g/mol. The summed E-state index contributed by atoms with van der Waals surface area (Å²) < 4.78 is 0. The largest absolute Gasteiger partial charge is 0.308 e. The summed E-state index contributed by atoms with van der Waals surface area (Å²) in [5, 5.41) is 7.01. The Labute approximate surface area is 77.9 Å². The van der Waals surface area contributed by atoms with E-state index in [-0.39, 0.29) is 0 Å². The Morgan fingerprint density at radius 2 is 1.92 bits per heavy atom. The highest BCUT2D eigenvalue weighted by Gasteiger charge is 1.90.